The van der Waals surface area contributed by atoms with Gasteiger partial charge in [-0.05, 0) is 31.6 Å². The van der Waals surface area contributed by atoms with E-state index in [1.54, 1.807) is 0 Å². The topological polar surface area (TPSA) is 18.5 Å². The molecule has 2 nitrogen and oxygen atoms in total. The Morgan fingerprint density at radius 2 is 2.27 bits per heavy atom. The van der Waals surface area contributed by atoms with Gasteiger partial charge < -0.3 is 9.47 Å². The highest BCUT2D eigenvalue weighted by molar-refractivity contribution is 4.79. The van der Waals surface area contributed by atoms with Gasteiger partial charge in [0.15, 0.2) is 6.29 Å². The van der Waals surface area contributed by atoms with Gasteiger partial charge >= 0.3 is 0 Å². The molecule has 1 fully saturated rings. The summed E-state index contributed by atoms with van der Waals surface area (Å²) < 4.78 is 11.3. The molecule has 0 spiro atoms. The van der Waals surface area contributed by atoms with Crippen LogP contribution in [0.15, 0.2) is 12.7 Å². The van der Waals surface area contributed by atoms with E-state index in [1.165, 1.54) is 12.8 Å². The maximum absolute atomic E-state index is 5.74. The summed E-state index contributed by atoms with van der Waals surface area (Å²) >= 11 is 0. The van der Waals surface area contributed by atoms with E-state index in [9.17, 15) is 0 Å². The van der Waals surface area contributed by atoms with Crippen LogP contribution in [0, 0.1) is 11.8 Å². The van der Waals surface area contributed by atoms with Crippen LogP contribution >= 0.6 is 0 Å². The summed E-state index contributed by atoms with van der Waals surface area (Å²) in [6.45, 7) is 9.93. The lowest BCUT2D eigenvalue weighted by atomic mass is 9.98. The molecule has 2 heteroatoms. The molecule has 0 aromatic carbocycles. The zero-order valence-corrected chi connectivity index (χ0v) is 10.1. The lowest BCUT2D eigenvalue weighted by Gasteiger charge is -2.25. The van der Waals surface area contributed by atoms with Crippen molar-refractivity contribution in [1.29, 1.82) is 0 Å². The van der Waals surface area contributed by atoms with Crippen LogP contribution in [0.4, 0.5) is 0 Å². The van der Waals surface area contributed by atoms with Gasteiger partial charge in [0.05, 0.1) is 6.61 Å². The lowest BCUT2D eigenvalue weighted by Crippen LogP contribution is -2.25. The Morgan fingerprint density at radius 3 is 2.80 bits per heavy atom. The first-order valence-corrected chi connectivity index (χ1v) is 6.08. The summed E-state index contributed by atoms with van der Waals surface area (Å²) in [5.74, 6) is 1.17. The van der Waals surface area contributed by atoms with Gasteiger partial charge in [-0.15, -0.1) is 6.58 Å². The first-order chi connectivity index (χ1) is 7.22. The smallest absolute Gasteiger partial charge is 0.157 e. The van der Waals surface area contributed by atoms with Crippen molar-refractivity contribution in [2.75, 3.05) is 13.2 Å². The van der Waals surface area contributed by atoms with Crippen LogP contribution in [-0.4, -0.2) is 19.5 Å². The normalized spacial score (nSPS) is 24.1. The molecule has 2 atom stereocenters. The highest BCUT2D eigenvalue weighted by Gasteiger charge is 2.16. The molecular formula is C13H24O2. The van der Waals surface area contributed by atoms with Crippen molar-refractivity contribution in [1.82, 2.24) is 0 Å². The second kappa shape index (κ2) is 7.02. The monoisotopic (exact) mass is 212 g/mol. The van der Waals surface area contributed by atoms with E-state index >= 15 is 0 Å². The van der Waals surface area contributed by atoms with Crippen LogP contribution in [0.25, 0.3) is 0 Å². The van der Waals surface area contributed by atoms with Gasteiger partial charge in [0.25, 0.3) is 0 Å². The maximum atomic E-state index is 5.74. The van der Waals surface area contributed by atoms with E-state index in [0.29, 0.717) is 11.8 Å². The minimum Gasteiger partial charge on any atom is -0.353 e. The van der Waals surface area contributed by atoms with Gasteiger partial charge in [0, 0.05) is 12.5 Å². The molecule has 0 N–H and O–H groups in total. The van der Waals surface area contributed by atoms with Crippen molar-refractivity contribution in [2.24, 2.45) is 11.8 Å². The Bertz CT molecular complexity index is 171. The molecule has 0 aromatic rings. The first-order valence-electron chi connectivity index (χ1n) is 6.08. The Labute approximate surface area is 93.7 Å². The molecule has 0 saturated carbocycles. The predicted octanol–water partition coefficient (Wildman–Crippen LogP) is 3.38. The zero-order valence-electron chi connectivity index (χ0n) is 10.1. The zero-order chi connectivity index (χ0) is 11.1. The van der Waals surface area contributed by atoms with Gasteiger partial charge in [-0.3, -0.25) is 0 Å². The first kappa shape index (κ1) is 12.7. The third kappa shape index (κ3) is 5.33. The minimum absolute atomic E-state index is 0.0355. The van der Waals surface area contributed by atoms with Gasteiger partial charge in [-0.1, -0.05) is 19.9 Å². The highest BCUT2D eigenvalue weighted by atomic mass is 16.7. The van der Waals surface area contributed by atoms with Gasteiger partial charge in [-0.25, -0.2) is 0 Å². The van der Waals surface area contributed by atoms with E-state index in [4.69, 9.17) is 9.47 Å². The number of hydrogen-bond donors (Lipinski definition) is 0. The van der Waals surface area contributed by atoms with Crippen molar-refractivity contribution in [3.8, 4) is 0 Å². The van der Waals surface area contributed by atoms with Gasteiger partial charge in [-0.2, -0.15) is 0 Å². The molecule has 1 rings (SSSR count). The van der Waals surface area contributed by atoms with Gasteiger partial charge in [0.1, 0.15) is 0 Å². The molecule has 88 valence electrons. The van der Waals surface area contributed by atoms with Crippen LogP contribution in [0.2, 0.25) is 0 Å². The lowest BCUT2D eigenvalue weighted by molar-refractivity contribution is -0.167. The maximum Gasteiger partial charge on any atom is 0.157 e. The number of ether oxygens (including phenoxy) is 2. The Balaban J connectivity index is 2.17. The van der Waals surface area contributed by atoms with Crippen LogP contribution in [0.3, 0.4) is 0 Å². The highest BCUT2D eigenvalue weighted by Crippen LogP contribution is 2.18. The van der Waals surface area contributed by atoms with E-state index in [2.05, 4.69) is 20.4 Å². The fourth-order valence-corrected chi connectivity index (χ4v) is 1.91. The molecule has 0 amide bonds. The third-order valence-electron chi connectivity index (χ3n) is 2.74. The Hall–Kier alpha value is -0.340. The second-order valence-electron chi connectivity index (χ2n) is 4.75. The third-order valence-corrected chi connectivity index (χ3v) is 2.74. The summed E-state index contributed by atoms with van der Waals surface area (Å²) in [6, 6.07) is 0. The van der Waals surface area contributed by atoms with Crippen molar-refractivity contribution < 1.29 is 9.47 Å². The molecule has 0 aliphatic carbocycles. The summed E-state index contributed by atoms with van der Waals surface area (Å²) in [4.78, 5) is 0. The van der Waals surface area contributed by atoms with E-state index in [1.807, 2.05) is 6.08 Å². The second-order valence-corrected chi connectivity index (χ2v) is 4.75. The quantitative estimate of drug-likeness (QED) is 0.628. The van der Waals surface area contributed by atoms with Crippen molar-refractivity contribution in [3.63, 3.8) is 0 Å². The summed E-state index contributed by atoms with van der Waals surface area (Å²) in [7, 11) is 0. The van der Waals surface area contributed by atoms with Crippen LogP contribution in [0.1, 0.15) is 39.5 Å². The Morgan fingerprint density at radius 1 is 1.47 bits per heavy atom. The fraction of sp³-hybridized carbons (Fsp3) is 0.846. The average molecular weight is 212 g/mol. The van der Waals surface area contributed by atoms with Crippen molar-refractivity contribution >= 4 is 0 Å². The molecule has 1 aliphatic rings. The number of rotatable bonds is 6. The summed E-state index contributed by atoms with van der Waals surface area (Å²) in [5.41, 5.74) is 0. The van der Waals surface area contributed by atoms with E-state index in [-0.39, 0.29) is 6.29 Å². The predicted molar refractivity (Wildman–Crippen MR) is 62.7 cm³/mol. The SMILES string of the molecule is C=CC(COC1CCCCO1)CC(C)C. The summed E-state index contributed by atoms with van der Waals surface area (Å²) in [5, 5.41) is 0. The summed E-state index contributed by atoms with van der Waals surface area (Å²) in [6.07, 6.45) is 6.64. The molecule has 0 radical (unpaired) electrons. The molecule has 15 heavy (non-hydrogen) atoms. The van der Waals surface area contributed by atoms with Crippen molar-refractivity contribution in [3.05, 3.63) is 12.7 Å². The Kier molecular flexibility index (Phi) is 5.96. The molecule has 1 aliphatic heterocycles. The minimum atomic E-state index is 0.0355. The molecule has 0 bridgehead atoms. The molecule has 0 aromatic heterocycles. The van der Waals surface area contributed by atoms with Crippen LogP contribution < -0.4 is 0 Å². The molecule has 1 saturated heterocycles. The molecule has 1 heterocycles. The van der Waals surface area contributed by atoms with Crippen LogP contribution in [0.5, 0.6) is 0 Å². The van der Waals surface area contributed by atoms with Gasteiger partial charge in [0.2, 0.25) is 0 Å². The largest absolute Gasteiger partial charge is 0.353 e. The van der Waals surface area contributed by atoms with E-state index < -0.39 is 0 Å². The average Bonchev–Trinajstić information content (AvgIpc) is 2.25. The molecule has 2 unspecified atom stereocenters. The number of hydrogen-bond acceptors (Lipinski definition) is 2. The van der Waals surface area contributed by atoms with Crippen LogP contribution in [-0.2, 0) is 9.47 Å². The van der Waals surface area contributed by atoms with Crippen molar-refractivity contribution in [2.45, 2.75) is 45.8 Å². The molecular weight excluding hydrogens is 188 g/mol. The fourth-order valence-electron chi connectivity index (χ4n) is 1.91. The standard InChI is InChI=1S/C13H24O2/c1-4-12(9-11(2)3)10-15-13-7-5-6-8-14-13/h4,11-13H,1,5-10H2,2-3H3. The van der Waals surface area contributed by atoms with E-state index in [0.717, 1.165) is 26.1 Å².